The molecule has 1 aromatic rings. The maximum atomic E-state index is 12.5. The van der Waals surface area contributed by atoms with Gasteiger partial charge >= 0.3 is 6.18 Å². The zero-order chi connectivity index (χ0) is 14.4. The van der Waals surface area contributed by atoms with E-state index in [-0.39, 0.29) is 17.0 Å². The number of aromatic nitrogens is 2. The predicted molar refractivity (Wildman–Crippen MR) is 63.9 cm³/mol. The first-order chi connectivity index (χ1) is 8.60. The smallest absolute Gasteiger partial charge is 0.392 e. The highest BCUT2D eigenvalue weighted by Gasteiger charge is 2.47. The van der Waals surface area contributed by atoms with E-state index in [1.54, 1.807) is 0 Å². The number of nitrogens with one attached hydrogen (secondary N) is 1. The quantitative estimate of drug-likeness (QED) is 0.824. The topological polar surface area (TPSA) is 58.0 Å². The molecule has 1 heterocycles. The van der Waals surface area contributed by atoms with Crippen molar-refractivity contribution in [1.29, 1.82) is 0 Å². The average molecular weight is 296 g/mol. The number of hydrogen-bond acceptors (Lipinski definition) is 4. The fraction of sp³-hybridized carbons (Fsp3) is 0.636. The fourth-order valence-corrected chi connectivity index (χ4v) is 2.13. The Morgan fingerprint density at radius 3 is 2.53 bits per heavy atom. The lowest BCUT2D eigenvalue weighted by atomic mass is 9.64. The summed E-state index contributed by atoms with van der Waals surface area (Å²) < 4.78 is 37.6. The van der Waals surface area contributed by atoms with Crippen LogP contribution in [-0.2, 0) is 6.18 Å². The molecule has 19 heavy (non-hydrogen) atoms. The van der Waals surface area contributed by atoms with Crippen molar-refractivity contribution < 1.29 is 18.3 Å². The van der Waals surface area contributed by atoms with Gasteiger partial charge in [-0.05, 0) is 6.42 Å². The molecule has 2 N–H and O–H groups in total. The molecule has 0 amide bonds. The van der Waals surface area contributed by atoms with Crippen molar-refractivity contribution in [3.63, 3.8) is 0 Å². The Bertz CT molecular complexity index is 493. The van der Waals surface area contributed by atoms with Crippen LogP contribution in [-0.4, -0.2) is 27.2 Å². The molecule has 0 radical (unpaired) electrons. The summed E-state index contributed by atoms with van der Waals surface area (Å²) in [6.45, 7) is 3.65. The van der Waals surface area contributed by atoms with E-state index >= 15 is 0 Å². The summed E-state index contributed by atoms with van der Waals surface area (Å²) in [5, 5.41) is 12.2. The first-order valence-corrected chi connectivity index (χ1v) is 6.05. The molecule has 8 heteroatoms. The van der Waals surface area contributed by atoms with E-state index in [1.165, 1.54) is 6.07 Å². The first-order valence-electron chi connectivity index (χ1n) is 5.67. The summed E-state index contributed by atoms with van der Waals surface area (Å²) in [4.78, 5) is 6.55. The summed E-state index contributed by atoms with van der Waals surface area (Å²) in [7, 11) is 0. The Morgan fingerprint density at radius 2 is 2.05 bits per heavy atom. The third-order valence-electron chi connectivity index (χ3n) is 3.49. The number of nitrogens with zero attached hydrogens (tertiary/aromatic N) is 2. The zero-order valence-corrected chi connectivity index (χ0v) is 11.0. The maximum absolute atomic E-state index is 12.5. The van der Waals surface area contributed by atoms with Crippen molar-refractivity contribution in [3.05, 3.63) is 17.0 Å². The van der Waals surface area contributed by atoms with Gasteiger partial charge in [0.1, 0.15) is 11.0 Å². The van der Waals surface area contributed by atoms with Crippen LogP contribution < -0.4 is 5.32 Å². The Hall–Kier alpha value is -1.08. The summed E-state index contributed by atoms with van der Waals surface area (Å²) >= 11 is 5.56. The SMILES string of the molecule is CC1(C)C(O)CC1Nc1cc(Cl)nc(C(F)(F)F)n1. The lowest BCUT2D eigenvalue weighted by Crippen LogP contribution is -2.57. The van der Waals surface area contributed by atoms with Crippen LogP contribution in [0.4, 0.5) is 19.0 Å². The van der Waals surface area contributed by atoms with Gasteiger partial charge in [0.05, 0.1) is 6.10 Å². The van der Waals surface area contributed by atoms with Crippen LogP contribution in [0.2, 0.25) is 5.15 Å². The first kappa shape index (κ1) is 14.3. The molecule has 2 atom stereocenters. The largest absolute Gasteiger partial charge is 0.451 e. The normalized spacial score (nSPS) is 25.8. The molecule has 1 aliphatic rings. The molecule has 0 spiro atoms. The molecule has 4 nitrogen and oxygen atoms in total. The van der Waals surface area contributed by atoms with Gasteiger partial charge in [0.2, 0.25) is 5.82 Å². The number of alkyl halides is 3. The van der Waals surface area contributed by atoms with Crippen molar-refractivity contribution in [2.75, 3.05) is 5.32 Å². The average Bonchev–Trinajstić information content (AvgIpc) is 2.27. The van der Waals surface area contributed by atoms with Crippen molar-refractivity contribution in [2.24, 2.45) is 5.41 Å². The predicted octanol–water partition coefficient (Wildman–Crippen LogP) is 2.72. The molecule has 1 aliphatic carbocycles. The van der Waals surface area contributed by atoms with Gasteiger partial charge in [-0.25, -0.2) is 9.97 Å². The van der Waals surface area contributed by atoms with Crippen LogP contribution in [0.5, 0.6) is 0 Å². The van der Waals surface area contributed by atoms with Gasteiger partial charge in [-0.3, -0.25) is 0 Å². The van der Waals surface area contributed by atoms with Gasteiger partial charge in [-0.15, -0.1) is 0 Å². The molecule has 1 fully saturated rings. The van der Waals surface area contributed by atoms with Crippen LogP contribution in [0.25, 0.3) is 0 Å². The summed E-state index contributed by atoms with van der Waals surface area (Å²) in [6.07, 6.45) is -4.67. The van der Waals surface area contributed by atoms with E-state index in [0.29, 0.717) is 6.42 Å². The van der Waals surface area contributed by atoms with Gasteiger partial charge in [0, 0.05) is 17.5 Å². The van der Waals surface area contributed by atoms with Crippen molar-refractivity contribution in [1.82, 2.24) is 9.97 Å². The molecule has 2 unspecified atom stereocenters. The van der Waals surface area contributed by atoms with Crippen LogP contribution in [0.1, 0.15) is 26.1 Å². The van der Waals surface area contributed by atoms with E-state index in [1.807, 2.05) is 13.8 Å². The van der Waals surface area contributed by atoms with E-state index in [9.17, 15) is 18.3 Å². The highest BCUT2D eigenvalue weighted by Crippen LogP contribution is 2.42. The number of aliphatic hydroxyl groups is 1. The van der Waals surface area contributed by atoms with Crippen molar-refractivity contribution >= 4 is 17.4 Å². The second kappa shape index (κ2) is 4.49. The van der Waals surface area contributed by atoms with E-state index in [0.717, 1.165) is 0 Å². The summed E-state index contributed by atoms with van der Waals surface area (Å²) in [5.41, 5.74) is -0.421. The molecule has 1 aromatic heterocycles. The minimum absolute atomic E-state index is 0.0114. The summed E-state index contributed by atoms with van der Waals surface area (Å²) in [6, 6.07) is 1.08. The molecule has 1 saturated carbocycles. The van der Waals surface area contributed by atoms with Gasteiger partial charge in [-0.1, -0.05) is 25.4 Å². The highest BCUT2D eigenvalue weighted by atomic mass is 35.5. The van der Waals surface area contributed by atoms with Crippen LogP contribution in [0.3, 0.4) is 0 Å². The monoisotopic (exact) mass is 295 g/mol. The fourth-order valence-electron chi connectivity index (χ4n) is 1.94. The van der Waals surface area contributed by atoms with Gasteiger partial charge in [0.25, 0.3) is 0 Å². The van der Waals surface area contributed by atoms with E-state index < -0.39 is 23.5 Å². The van der Waals surface area contributed by atoms with Gasteiger partial charge in [0.15, 0.2) is 0 Å². The Morgan fingerprint density at radius 1 is 1.42 bits per heavy atom. The molecule has 0 saturated heterocycles. The number of rotatable bonds is 2. The lowest BCUT2D eigenvalue weighted by Gasteiger charge is -2.49. The number of aliphatic hydroxyl groups excluding tert-OH is 1. The lowest BCUT2D eigenvalue weighted by molar-refractivity contribution is -0.144. The molecule has 2 rings (SSSR count). The number of halogens is 4. The molecule has 0 aliphatic heterocycles. The second-order valence-corrected chi connectivity index (χ2v) is 5.55. The number of hydrogen-bond donors (Lipinski definition) is 2. The van der Waals surface area contributed by atoms with Crippen LogP contribution >= 0.6 is 11.6 Å². The third kappa shape index (κ3) is 2.76. The van der Waals surface area contributed by atoms with Crippen molar-refractivity contribution in [3.8, 4) is 0 Å². The second-order valence-electron chi connectivity index (χ2n) is 5.17. The maximum Gasteiger partial charge on any atom is 0.451 e. The van der Waals surface area contributed by atoms with Crippen LogP contribution in [0, 0.1) is 5.41 Å². The third-order valence-corrected chi connectivity index (χ3v) is 3.68. The number of anilines is 1. The van der Waals surface area contributed by atoms with E-state index in [4.69, 9.17) is 11.6 Å². The Labute approximate surface area is 113 Å². The van der Waals surface area contributed by atoms with E-state index in [2.05, 4.69) is 15.3 Å². The standard InChI is InChI=1S/C11H13ClF3N3O/c1-10(2)5(3-6(10)19)16-8-4-7(12)17-9(18-8)11(13,14)15/h4-6,19H,3H2,1-2H3,(H,16,17,18). The minimum atomic E-state index is -4.64. The molecule has 0 aromatic carbocycles. The zero-order valence-electron chi connectivity index (χ0n) is 10.3. The summed E-state index contributed by atoms with van der Waals surface area (Å²) in [5.74, 6) is -1.27. The van der Waals surface area contributed by atoms with Gasteiger partial charge in [-0.2, -0.15) is 13.2 Å². The highest BCUT2D eigenvalue weighted by molar-refractivity contribution is 6.29. The molecular formula is C11H13ClF3N3O. The van der Waals surface area contributed by atoms with Gasteiger partial charge < -0.3 is 10.4 Å². The molecular weight excluding hydrogens is 283 g/mol. The Kier molecular flexibility index (Phi) is 3.38. The minimum Gasteiger partial charge on any atom is -0.392 e. The van der Waals surface area contributed by atoms with Crippen LogP contribution in [0.15, 0.2) is 6.07 Å². The molecule has 106 valence electrons. The Balaban J connectivity index is 2.20. The molecule has 0 bridgehead atoms. The van der Waals surface area contributed by atoms with Crippen molar-refractivity contribution in [2.45, 2.75) is 38.6 Å².